The van der Waals surface area contributed by atoms with Crippen LogP contribution in [0.2, 0.25) is 0 Å². The summed E-state index contributed by atoms with van der Waals surface area (Å²) < 4.78 is 13.3. The quantitative estimate of drug-likeness (QED) is 0.897. The molecule has 0 aliphatic carbocycles. The molecule has 3 heteroatoms. The fourth-order valence-corrected chi connectivity index (χ4v) is 3.35. The van der Waals surface area contributed by atoms with E-state index in [1.54, 1.807) is 12.1 Å². The molecule has 0 saturated carbocycles. The van der Waals surface area contributed by atoms with Crippen molar-refractivity contribution >= 4 is 5.69 Å². The molecule has 1 unspecified atom stereocenters. The predicted octanol–water partition coefficient (Wildman–Crippen LogP) is 3.11. The van der Waals surface area contributed by atoms with Gasteiger partial charge < -0.3 is 10.2 Å². The highest BCUT2D eigenvalue weighted by molar-refractivity contribution is 5.58. The molecule has 1 saturated heterocycles. The standard InChI is InChI=1S/C16H23FN2/c17-14-7-6-13-8-11-19(16(13)12-14)10-3-5-15-4-1-2-9-18-15/h6-7,12,15,18H,1-5,8-11H2. The summed E-state index contributed by atoms with van der Waals surface area (Å²) in [6.07, 6.45) is 7.54. The number of hydrogen-bond donors (Lipinski definition) is 1. The molecule has 1 fully saturated rings. The molecular formula is C16H23FN2. The molecule has 1 atom stereocenters. The van der Waals surface area contributed by atoms with Crippen molar-refractivity contribution in [3.63, 3.8) is 0 Å². The SMILES string of the molecule is Fc1ccc2c(c1)N(CCCC1CCCCN1)CC2. The van der Waals surface area contributed by atoms with Gasteiger partial charge in [0.1, 0.15) is 5.82 Å². The molecule has 1 aromatic rings. The largest absolute Gasteiger partial charge is 0.371 e. The highest BCUT2D eigenvalue weighted by atomic mass is 19.1. The molecule has 0 bridgehead atoms. The second-order valence-electron chi connectivity index (χ2n) is 5.80. The van der Waals surface area contributed by atoms with Crippen LogP contribution in [0.5, 0.6) is 0 Å². The maximum absolute atomic E-state index is 13.3. The second-order valence-corrected chi connectivity index (χ2v) is 5.80. The Bertz CT molecular complexity index is 427. The van der Waals surface area contributed by atoms with Gasteiger partial charge in [0.15, 0.2) is 0 Å². The molecule has 0 spiro atoms. The van der Waals surface area contributed by atoms with Gasteiger partial charge in [0.05, 0.1) is 0 Å². The number of nitrogens with one attached hydrogen (secondary N) is 1. The third kappa shape index (κ3) is 3.08. The number of halogens is 1. The fraction of sp³-hybridized carbons (Fsp3) is 0.625. The molecule has 19 heavy (non-hydrogen) atoms. The summed E-state index contributed by atoms with van der Waals surface area (Å²) in [5, 5.41) is 3.59. The highest BCUT2D eigenvalue weighted by Gasteiger charge is 2.19. The minimum Gasteiger partial charge on any atom is -0.371 e. The van der Waals surface area contributed by atoms with E-state index < -0.39 is 0 Å². The zero-order valence-corrected chi connectivity index (χ0v) is 11.5. The average molecular weight is 262 g/mol. The van der Waals surface area contributed by atoms with Gasteiger partial charge in [-0.15, -0.1) is 0 Å². The van der Waals surface area contributed by atoms with Crippen LogP contribution in [-0.2, 0) is 6.42 Å². The van der Waals surface area contributed by atoms with Crippen molar-refractivity contribution in [3.05, 3.63) is 29.6 Å². The Balaban J connectivity index is 1.50. The van der Waals surface area contributed by atoms with Crippen LogP contribution in [0, 0.1) is 5.82 Å². The van der Waals surface area contributed by atoms with Crippen LogP contribution in [0.3, 0.4) is 0 Å². The van der Waals surface area contributed by atoms with Crippen LogP contribution in [0.4, 0.5) is 10.1 Å². The van der Waals surface area contributed by atoms with Crippen molar-refractivity contribution in [1.82, 2.24) is 5.32 Å². The summed E-state index contributed by atoms with van der Waals surface area (Å²) in [5.74, 6) is -0.111. The molecule has 2 nitrogen and oxygen atoms in total. The molecule has 2 heterocycles. The monoisotopic (exact) mass is 262 g/mol. The predicted molar refractivity (Wildman–Crippen MR) is 77.2 cm³/mol. The number of nitrogens with zero attached hydrogens (tertiary/aromatic N) is 1. The van der Waals surface area contributed by atoms with Gasteiger partial charge in [0.25, 0.3) is 0 Å². The molecule has 104 valence electrons. The number of rotatable bonds is 4. The Morgan fingerprint density at radius 1 is 1.32 bits per heavy atom. The smallest absolute Gasteiger partial charge is 0.125 e. The van der Waals surface area contributed by atoms with Crippen LogP contribution in [0.25, 0.3) is 0 Å². The van der Waals surface area contributed by atoms with Gasteiger partial charge in [-0.05, 0) is 56.3 Å². The zero-order valence-electron chi connectivity index (χ0n) is 11.5. The normalized spacial score (nSPS) is 22.6. The van der Waals surface area contributed by atoms with Crippen molar-refractivity contribution in [3.8, 4) is 0 Å². The van der Waals surface area contributed by atoms with E-state index in [4.69, 9.17) is 0 Å². The number of benzene rings is 1. The first-order valence-corrected chi connectivity index (χ1v) is 7.60. The molecule has 3 rings (SSSR count). The summed E-state index contributed by atoms with van der Waals surface area (Å²) in [4.78, 5) is 2.35. The van der Waals surface area contributed by atoms with Gasteiger partial charge in [-0.25, -0.2) is 4.39 Å². The Labute approximate surface area is 115 Å². The minimum absolute atomic E-state index is 0.111. The highest BCUT2D eigenvalue weighted by Crippen LogP contribution is 2.29. The minimum atomic E-state index is -0.111. The van der Waals surface area contributed by atoms with Crippen LogP contribution >= 0.6 is 0 Å². The molecule has 2 aliphatic rings. The molecule has 0 radical (unpaired) electrons. The first kappa shape index (κ1) is 12.9. The van der Waals surface area contributed by atoms with Crippen molar-refractivity contribution in [2.24, 2.45) is 0 Å². The molecule has 1 aromatic carbocycles. The summed E-state index contributed by atoms with van der Waals surface area (Å²) in [5.41, 5.74) is 2.42. The van der Waals surface area contributed by atoms with E-state index in [1.807, 2.05) is 6.07 Å². The molecular weight excluding hydrogens is 239 g/mol. The zero-order chi connectivity index (χ0) is 13.1. The van der Waals surface area contributed by atoms with E-state index in [1.165, 1.54) is 44.2 Å². The second kappa shape index (κ2) is 5.91. The number of fused-ring (bicyclic) bond motifs is 1. The Morgan fingerprint density at radius 2 is 2.26 bits per heavy atom. The average Bonchev–Trinajstić information content (AvgIpc) is 2.83. The Kier molecular flexibility index (Phi) is 4.02. The summed E-state index contributed by atoms with van der Waals surface area (Å²) in [7, 11) is 0. The van der Waals surface area contributed by atoms with Gasteiger partial charge in [0, 0.05) is 24.8 Å². The topological polar surface area (TPSA) is 15.3 Å². The van der Waals surface area contributed by atoms with E-state index in [-0.39, 0.29) is 5.82 Å². The van der Waals surface area contributed by atoms with E-state index in [2.05, 4.69) is 10.2 Å². The van der Waals surface area contributed by atoms with Crippen LogP contribution in [0.15, 0.2) is 18.2 Å². The first-order valence-electron chi connectivity index (χ1n) is 7.60. The fourth-order valence-electron chi connectivity index (χ4n) is 3.35. The number of hydrogen-bond acceptors (Lipinski definition) is 2. The van der Waals surface area contributed by atoms with Crippen molar-refractivity contribution in [2.45, 2.75) is 44.6 Å². The molecule has 0 aromatic heterocycles. The summed E-state index contributed by atoms with van der Waals surface area (Å²) in [6.45, 7) is 3.30. The van der Waals surface area contributed by atoms with E-state index >= 15 is 0 Å². The van der Waals surface area contributed by atoms with Gasteiger partial charge in [-0.1, -0.05) is 12.5 Å². The van der Waals surface area contributed by atoms with Crippen molar-refractivity contribution < 1.29 is 4.39 Å². The van der Waals surface area contributed by atoms with E-state index in [0.717, 1.165) is 25.2 Å². The summed E-state index contributed by atoms with van der Waals surface area (Å²) >= 11 is 0. The molecule has 0 amide bonds. The van der Waals surface area contributed by atoms with Crippen LogP contribution < -0.4 is 10.2 Å². The van der Waals surface area contributed by atoms with Crippen molar-refractivity contribution in [1.29, 1.82) is 0 Å². The lowest BCUT2D eigenvalue weighted by Gasteiger charge is -2.25. The number of piperidine rings is 1. The Morgan fingerprint density at radius 3 is 3.11 bits per heavy atom. The lowest BCUT2D eigenvalue weighted by atomic mass is 10.0. The third-order valence-electron chi connectivity index (χ3n) is 4.43. The maximum atomic E-state index is 13.3. The van der Waals surface area contributed by atoms with Crippen molar-refractivity contribution in [2.75, 3.05) is 24.5 Å². The van der Waals surface area contributed by atoms with Crippen LogP contribution in [0.1, 0.15) is 37.7 Å². The van der Waals surface area contributed by atoms with Gasteiger partial charge >= 0.3 is 0 Å². The van der Waals surface area contributed by atoms with Gasteiger partial charge in [-0.2, -0.15) is 0 Å². The summed E-state index contributed by atoms with van der Waals surface area (Å²) in [6, 6.07) is 5.92. The lowest BCUT2D eigenvalue weighted by molar-refractivity contribution is 0.376. The molecule has 1 N–H and O–H groups in total. The first-order chi connectivity index (χ1) is 9.33. The van der Waals surface area contributed by atoms with E-state index in [0.29, 0.717) is 6.04 Å². The molecule has 2 aliphatic heterocycles. The van der Waals surface area contributed by atoms with E-state index in [9.17, 15) is 4.39 Å². The lowest BCUT2D eigenvalue weighted by Crippen LogP contribution is -2.34. The third-order valence-corrected chi connectivity index (χ3v) is 4.43. The maximum Gasteiger partial charge on any atom is 0.125 e. The van der Waals surface area contributed by atoms with Gasteiger partial charge in [0.2, 0.25) is 0 Å². The van der Waals surface area contributed by atoms with Gasteiger partial charge in [-0.3, -0.25) is 0 Å². The Hall–Kier alpha value is -1.09. The number of anilines is 1. The van der Waals surface area contributed by atoms with Crippen LogP contribution in [-0.4, -0.2) is 25.7 Å².